The first-order valence-electron chi connectivity index (χ1n) is 14.0. The van der Waals surface area contributed by atoms with E-state index in [0.29, 0.717) is 36.1 Å². The highest BCUT2D eigenvalue weighted by molar-refractivity contribution is 5.92. The molecule has 1 aromatic heterocycles. The molecular weight excluding hydrogens is 502 g/mol. The lowest BCUT2D eigenvalue weighted by molar-refractivity contribution is -0.159. The number of benzene rings is 1. The Kier molecular flexibility index (Phi) is 3.90. The van der Waals surface area contributed by atoms with Crippen molar-refractivity contribution in [1.29, 1.82) is 0 Å². The molecule has 3 aliphatic carbocycles. The minimum atomic E-state index is -1.39. The summed E-state index contributed by atoms with van der Waals surface area (Å²) in [6, 6.07) is 6.78. The summed E-state index contributed by atoms with van der Waals surface area (Å²) in [6.45, 7) is 6.94. The lowest BCUT2D eigenvalue weighted by Gasteiger charge is -2.56. The third-order valence-electron chi connectivity index (χ3n) is 11.6. The van der Waals surface area contributed by atoms with E-state index in [1.807, 2.05) is 6.07 Å². The minimum absolute atomic E-state index is 0.0198. The van der Waals surface area contributed by atoms with Crippen LogP contribution >= 0.6 is 0 Å². The number of fused-ring (bicyclic) bond motifs is 5. The quantitative estimate of drug-likeness (QED) is 0.451. The smallest absolute Gasteiger partial charge is 0.334 e. The number of epoxide rings is 3. The molecule has 9 atom stereocenters. The van der Waals surface area contributed by atoms with E-state index in [9.17, 15) is 14.7 Å². The number of aliphatic hydroxyl groups is 1. The van der Waals surface area contributed by atoms with Crippen molar-refractivity contribution in [2.45, 2.75) is 80.7 Å². The van der Waals surface area contributed by atoms with Crippen molar-refractivity contribution in [3.8, 4) is 0 Å². The first-order valence-corrected chi connectivity index (χ1v) is 14.0. The summed E-state index contributed by atoms with van der Waals surface area (Å²) in [5.41, 5.74) is -1.16. The first kappa shape index (κ1) is 23.0. The van der Waals surface area contributed by atoms with Gasteiger partial charge in [0, 0.05) is 29.3 Å². The van der Waals surface area contributed by atoms with Gasteiger partial charge in [0.05, 0.1) is 17.8 Å². The van der Waals surface area contributed by atoms with Gasteiger partial charge in [-0.05, 0) is 54.9 Å². The van der Waals surface area contributed by atoms with Crippen LogP contribution < -0.4 is 10.7 Å². The normalized spacial score (nSPS) is 47.9. The van der Waals surface area contributed by atoms with Crippen molar-refractivity contribution in [3.05, 3.63) is 51.9 Å². The maximum absolute atomic E-state index is 13.0. The Labute approximate surface area is 224 Å². The van der Waals surface area contributed by atoms with Gasteiger partial charge in [0.1, 0.15) is 41.2 Å². The van der Waals surface area contributed by atoms with Gasteiger partial charge < -0.3 is 33.8 Å². The maximum Gasteiger partial charge on any atom is 0.334 e. The van der Waals surface area contributed by atoms with E-state index < -0.39 is 22.4 Å². The Morgan fingerprint density at radius 1 is 1.10 bits per heavy atom. The number of esters is 1. The third kappa shape index (κ3) is 2.23. The third-order valence-corrected chi connectivity index (χ3v) is 11.6. The van der Waals surface area contributed by atoms with Crippen LogP contribution in [0.4, 0.5) is 5.69 Å². The van der Waals surface area contributed by atoms with E-state index in [-0.39, 0.29) is 53.5 Å². The average molecular weight is 534 g/mol. The van der Waals surface area contributed by atoms with Crippen LogP contribution in [-0.2, 0) is 23.7 Å². The zero-order valence-corrected chi connectivity index (χ0v) is 22.1. The number of nitrogens with one attached hydrogen (secondary N) is 1. The zero-order chi connectivity index (χ0) is 26.7. The molecule has 9 heteroatoms. The van der Waals surface area contributed by atoms with E-state index >= 15 is 0 Å². The molecule has 2 N–H and O–H groups in total. The molecule has 5 heterocycles. The van der Waals surface area contributed by atoms with Gasteiger partial charge in [-0.25, -0.2) is 4.79 Å². The number of anilines is 1. The predicted octanol–water partition coefficient (Wildman–Crippen LogP) is 2.69. The van der Waals surface area contributed by atoms with E-state index in [1.54, 1.807) is 12.1 Å². The summed E-state index contributed by atoms with van der Waals surface area (Å²) in [4.78, 5) is 24.8. The molecule has 0 amide bonds. The molecule has 39 heavy (non-hydrogen) atoms. The minimum Gasteiger partial charge on any atom is -0.464 e. The molecule has 0 bridgehead atoms. The van der Waals surface area contributed by atoms with E-state index in [1.165, 1.54) is 12.3 Å². The Bertz CT molecular complexity index is 1600. The predicted molar refractivity (Wildman–Crippen MR) is 137 cm³/mol. The van der Waals surface area contributed by atoms with Gasteiger partial charge in [-0.3, -0.25) is 4.79 Å². The first-order chi connectivity index (χ1) is 18.6. The number of ether oxygens (including phenoxy) is 4. The highest BCUT2D eigenvalue weighted by Gasteiger charge is 3.04. The maximum atomic E-state index is 13.0. The summed E-state index contributed by atoms with van der Waals surface area (Å²) < 4.78 is 30.9. The van der Waals surface area contributed by atoms with E-state index in [4.69, 9.17) is 23.4 Å². The number of cyclic esters (lactones) is 1. The van der Waals surface area contributed by atoms with Crippen LogP contribution in [0.1, 0.15) is 40.0 Å². The second-order valence-electron chi connectivity index (χ2n) is 13.1. The van der Waals surface area contributed by atoms with Crippen molar-refractivity contribution in [3.63, 3.8) is 0 Å². The van der Waals surface area contributed by atoms with Gasteiger partial charge >= 0.3 is 5.97 Å². The van der Waals surface area contributed by atoms with Crippen LogP contribution in [0.5, 0.6) is 0 Å². The van der Waals surface area contributed by atoms with Crippen LogP contribution in [0.3, 0.4) is 0 Å². The highest BCUT2D eigenvalue weighted by Crippen LogP contribution is 2.85. The summed E-state index contributed by atoms with van der Waals surface area (Å²) in [7, 11) is 0. The molecule has 4 aliphatic heterocycles. The fraction of sp³-hybridized carbons (Fsp3) is 0.600. The fourth-order valence-corrected chi connectivity index (χ4v) is 9.77. The lowest BCUT2D eigenvalue weighted by Crippen LogP contribution is -2.77. The summed E-state index contributed by atoms with van der Waals surface area (Å²) in [6.07, 6.45) is 2.90. The molecule has 2 saturated carbocycles. The lowest BCUT2D eigenvalue weighted by atomic mass is 9.44. The molecule has 1 aromatic carbocycles. The van der Waals surface area contributed by atoms with Gasteiger partial charge in [-0.1, -0.05) is 20.8 Å². The highest BCUT2D eigenvalue weighted by atomic mass is 16.7. The van der Waals surface area contributed by atoms with Gasteiger partial charge in [0.15, 0.2) is 11.0 Å². The topological polar surface area (TPSA) is 126 Å². The monoisotopic (exact) mass is 533 g/mol. The molecular formula is C30H31NO8. The van der Waals surface area contributed by atoms with Gasteiger partial charge in [0.25, 0.3) is 0 Å². The Morgan fingerprint density at radius 3 is 2.77 bits per heavy atom. The number of carbonyl (C=O) groups is 1. The number of hydrogen-bond donors (Lipinski definition) is 2. The number of carbonyl (C=O) groups excluding carboxylic acids is 1. The van der Waals surface area contributed by atoms with Gasteiger partial charge in [-0.15, -0.1) is 0 Å². The SMILES string of the molecule is CC(C)[C@]12O[C@H]1[C@@H]1O[C@]13[C@]1(O[C@H]1C[C@H]1C4=C(CC[C@@]13C)C(=O)OC4)[C@]2(O)CNc1ccc2occc(=O)c2c1. The Morgan fingerprint density at radius 2 is 1.95 bits per heavy atom. The van der Waals surface area contributed by atoms with Crippen molar-refractivity contribution < 1.29 is 33.3 Å². The molecule has 2 spiro atoms. The summed E-state index contributed by atoms with van der Waals surface area (Å²) in [5.74, 6) is -0.0727. The van der Waals surface area contributed by atoms with Crippen molar-refractivity contribution >= 4 is 22.6 Å². The largest absolute Gasteiger partial charge is 0.464 e. The standard InChI is InChI=1S/C30H31NO8/c1-14(2)28-23(38-28)24-30(39-24)26(3)8-6-16-18(12-36-25(16)33)19(26)11-22-29(30,37-22)27(28,34)13-31-15-4-5-21-17(10-15)20(32)7-9-35-21/h4-5,7,9-10,14,19,22-24,31,34H,6,8,11-13H2,1-3H3/t19-,22-,23-,24-,26-,27-,28-,29+,30+/m0/s1. The molecule has 0 radical (unpaired) electrons. The van der Waals surface area contributed by atoms with E-state index in [0.717, 1.165) is 17.6 Å². The van der Waals surface area contributed by atoms with Gasteiger partial charge in [0.2, 0.25) is 0 Å². The average Bonchev–Trinajstić information content (AvgIpc) is 3.81. The molecule has 5 fully saturated rings. The van der Waals surface area contributed by atoms with Crippen molar-refractivity contribution in [2.75, 3.05) is 18.5 Å². The Hall–Kier alpha value is -2.72. The van der Waals surface area contributed by atoms with Crippen LogP contribution in [0.15, 0.2) is 50.9 Å². The molecule has 7 aliphatic rings. The zero-order valence-electron chi connectivity index (χ0n) is 22.1. The van der Waals surface area contributed by atoms with Crippen LogP contribution in [0, 0.1) is 17.3 Å². The molecule has 9 nitrogen and oxygen atoms in total. The van der Waals surface area contributed by atoms with Crippen molar-refractivity contribution in [1.82, 2.24) is 0 Å². The van der Waals surface area contributed by atoms with Gasteiger partial charge in [-0.2, -0.15) is 0 Å². The Balaban J connectivity index is 1.15. The second kappa shape index (κ2) is 6.60. The molecule has 9 rings (SSSR count). The summed E-state index contributed by atoms with van der Waals surface area (Å²) in [5, 5.41) is 16.9. The number of rotatable bonds is 4. The van der Waals surface area contributed by atoms with E-state index in [2.05, 4.69) is 26.1 Å². The van der Waals surface area contributed by atoms with Crippen LogP contribution in [-0.4, -0.2) is 64.9 Å². The van der Waals surface area contributed by atoms with Crippen LogP contribution in [0.2, 0.25) is 0 Å². The molecule has 204 valence electrons. The molecule has 2 aromatic rings. The second-order valence-corrected chi connectivity index (χ2v) is 13.1. The summed E-state index contributed by atoms with van der Waals surface area (Å²) >= 11 is 0. The molecule has 3 saturated heterocycles. The van der Waals surface area contributed by atoms with Crippen molar-refractivity contribution in [2.24, 2.45) is 17.3 Å². The van der Waals surface area contributed by atoms with Crippen LogP contribution in [0.25, 0.3) is 11.0 Å². The number of hydrogen-bond acceptors (Lipinski definition) is 9. The fourth-order valence-electron chi connectivity index (χ4n) is 9.77. The molecule has 0 unspecified atom stereocenters.